The van der Waals surface area contributed by atoms with Crippen molar-refractivity contribution in [2.75, 3.05) is 13.1 Å². The maximum Gasteiger partial charge on any atom is 0.191 e. The van der Waals surface area contributed by atoms with Gasteiger partial charge in [-0.15, -0.1) is 0 Å². The van der Waals surface area contributed by atoms with Gasteiger partial charge < -0.3 is 10.6 Å². The number of aliphatic imine (C=N–C) groups is 1. The molecule has 0 aliphatic rings. The van der Waals surface area contributed by atoms with E-state index >= 15 is 0 Å². The average Bonchev–Trinajstić information content (AvgIpc) is 2.80. The molecule has 2 N–H and O–H groups in total. The number of nitrogens with one attached hydrogen (secondary N) is 2. The highest BCUT2D eigenvalue weighted by molar-refractivity contribution is 5.79. The topological polar surface area (TPSA) is 54.2 Å². The Morgan fingerprint density at radius 3 is 2.75 bits per heavy atom. The molecule has 114 valence electrons. The third-order valence-corrected chi connectivity index (χ3v) is 3.17. The summed E-state index contributed by atoms with van der Waals surface area (Å²) in [5.41, 5.74) is 1.11. The smallest absolute Gasteiger partial charge is 0.191 e. The number of unbranched alkanes of at least 4 members (excludes halogenated alkanes) is 1. The van der Waals surface area contributed by atoms with E-state index in [-0.39, 0.29) is 0 Å². The zero-order chi connectivity index (χ0) is 14.8. The Morgan fingerprint density at radius 2 is 2.15 bits per heavy atom. The molecule has 0 aliphatic heterocycles. The van der Waals surface area contributed by atoms with E-state index in [4.69, 9.17) is 0 Å². The fourth-order valence-electron chi connectivity index (χ4n) is 1.94. The summed E-state index contributed by atoms with van der Waals surface area (Å²) in [4.78, 5) is 4.58. The van der Waals surface area contributed by atoms with Crippen molar-refractivity contribution in [1.82, 2.24) is 20.4 Å². The van der Waals surface area contributed by atoms with Crippen molar-refractivity contribution in [1.29, 1.82) is 0 Å². The van der Waals surface area contributed by atoms with Gasteiger partial charge in [0.1, 0.15) is 0 Å². The van der Waals surface area contributed by atoms with Crippen molar-refractivity contribution in [2.45, 2.75) is 46.6 Å². The first kappa shape index (κ1) is 16.5. The molecule has 0 spiro atoms. The Bertz CT molecular complexity index is 395. The van der Waals surface area contributed by atoms with Crippen LogP contribution in [0.2, 0.25) is 0 Å². The average molecular weight is 279 g/mol. The molecular weight excluding hydrogens is 250 g/mol. The number of guanidine groups is 1. The van der Waals surface area contributed by atoms with Gasteiger partial charge in [-0.05, 0) is 25.3 Å². The van der Waals surface area contributed by atoms with Gasteiger partial charge in [-0.2, -0.15) is 5.10 Å². The second-order valence-corrected chi connectivity index (χ2v) is 5.46. The first-order chi connectivity index (χ1) is 9.63. The molecule has 0 aromatic carbocycles. The van der Waals surface area contributed by atoms with Crippen molar-refractivity contribution in [3.05, 3.63) is 18.0 Å². The van der Waals surface area contributed by atoms with Gasteiger partial charge >= 0.3 is 0 Å². The molecule has 0 saturated carbocycles. The molecule has 5 heteroatoms. The van der Waals surface area contributed by atoms with Crippen molar-refractivity contribution in [3.8, 4) is 0 Å². The molecule has 0 atom stereocenters. The Morgan fingerprint density at radius 1 is 1.35 bits per heavy atom. The number of rotatable bonds is 8. The molecule has 0 saturated heterocycles. The van der Waals surface area contributed by atoms with Crippen LogP contribution in [0.1, 0.15) is 45.7 Å². The van der Waals surface area contributed by atoms with Gasteiger partial charge in [0.25, 0.3) is 0 Å². The van der Waals surface area contributed by atoms with Crippen molar-refractivity contribution >= 4 is 5.96 Å². The number of aromatic nitrogens is 2. The lowest BCUT2D eigenvalue weighted by Gasteiger charge is -2.11. The quantitative estimate of drug-likeness (QED) is 0.436. The summed E-state index contributed by atoms with van der Waals surface area (Å²) < 4.78 is 1.86. The lowest BCUT2D eigenvalue weighted by Crippen LogP contribution is -2.37. The summed E-state index contributed by atoms with van der Waals surface area (Å²) in [6.07, 6.45) is 5.56. The first-order valence-corrected chi connectivity index (χ1v) is 7.62. The van der Waals surface area contributed by atoms with Crippen LogP contribution >= 0.6 is 0 Å². The van der Waals surface area contributed by atoms with E-state index < -0.39 is 0 Å². The van der Waals surface area contributed by atoms with Crippen LogP contribution < -0.4 is 10.6 Å². The first-order valence-electron chi connectivity index (χ1n) is 7.62. The fraction of sp³-hybridized carbons (Fsp3) is 0.733. The highest BCUT2D eigenvalue weighted by Gasteiger charge is 2.00. The number of hydrogen-bond donors (Lipinski definition) is 2. The maximum absolute atomic E-state index is 4.58. The molecule has 5 nitrogen and oxygen atoms in total. The third-order valence-electron chi connectivity index (χ3n) is 3.17. The van der Waals surface area contributed by atoms with Gasteiger partial charge in [0.15, 0.2) is 5.96 Å². The van der Waals surface area contributed by atoms with Gasteiger partial charge in [0.05, 0.1) is 12.2 Å². The van der Waals surface area contributed by atoms with Crippen LogP contribution in [0.15, 0.2) is 17.3 Å². The molecule has 0 amide bonds. The molecule has 1 rings (SSSR count). The summed E-state index contributed by atoms with van der Waals surface area (Å²) in [7, 11) is 1.94. The minimum atomic E-state index is 0.651. The van der Waals surface area contributed by atoms with Gasteiger partial charge in [-0.25, -0.2) is 4.99 Å². The van der Waals surface area contributed by atoms with Gasteiger partial charge in [0, 0.05) is 26.3 Å². The van der Waals surface area contributed by atoms with E-state index in [1.54, 1.807) is 6.20 Å². The number of aryl methyl sites for hydroxylation is 1. The largest absolute Gasteiger partial charge is 0.357 e. The van der Waals surface area contributed by atoms with Crippen LogP contribution in [0.25, 0.3) is 0 Å². The molecule has 0 radical (unpaired) electrons. The predicted octanol–water partition coefficient (Wildman–Crippen LogP) is 2.30. The van der Waals surface area contributed by atoms with E-state index in [1.807, 2.05) is 17.8 Å². The Hall–Kier alpha value is -1.52. The third kappa shape index (κ3) is 6.59. The van der Waals surface area contributed by atoms with Crippen LogP contribution in [-0.4, -0.2) is 28.8 Å². The van der Waals surface area contributed by atoms with E-state index in [0.717, 1.165) is 30.7 Å². The Balaban J connectivity index is 2.34. The van der Waals surface area contributed by atoms with E-state index in [0.29, 0.717) is 6.54 Å². The van der Waals surface area contributed by atoms with Crippen molar-refractivity contribution in [2.24, 2.45) is 18.0 Å². The van der Waals surface area contributed by atoms with Crippen LogP contribution in [-0.2, 0) is 13.6 Å². The van der Waals surface area contributed by atoms with Crippen LogP contribution in [0.3, 0.4) is 0 Å². The molecule has 0 aliphatic carbocycles. The molecule has 1 heterocycles. The summed E-state index contributed by atoms with van der Waals surface area (Å²) in [5, 5.41) is 10.8. The van der Waals surface area contributed by atoms with Gasteiger partial charge in [-0.3, -0.25) is 4.68 Å². The number of nitrogens with zero attached hydrogens (tertiary/aromatic N) is 3. The summed E-state index contributed by atoms with van der Waals surface area (Å²) in [6, 6.07) is 2.00. The zero-order valence-electron chi connectivity index (χ0n) is 13.3. The molecule has 0 bridgehead atoms. The van der Waals surface area contributed by atoms with E-state index in [1.165, 1.54) is 19.3 Å². The van der Waals surface area contributed by atoms with Crippen LogP contribution in [0.5, 0.6) is 0 Å². The predicted molar refractivity (Wildman–Crippen MR) is 84.7 cm³/mol. The minimum Gasteiger partial charge on any atom is -0.357 e. The van der Waals surface area contributed by atoms with E-state index in [2.05, 4.69) is 41.5 Å². The molecule has 1 aromatic heterocycles. The van der Waals surface area contributed by atoms with Gasteiger partial charge in [-0.1, -0.05) is 26.7 Å². The Labute approximate surface area is 122 Å². The van der Waals surface area contributed by atoms with Gasteiger partial charge in [0.2, 0.25) is 0 Å². The zero-order valence-corrected chi connectivity index (χ0v) is 13.3. The highest BCUT2D eigenvalue weighted by Crippen LogP contribution is 2.05. The van der Waals surface area contributed by atoms with Crippen molar-refractivity contribution in [3.63, 3.8) is 0 Å². The molecule has 0 fully saturated rings. The standard InChI is InChI=1S/C15H29N5/c1-5-16-15(17-10-7-6-8-13(2)3)18-12-14-9-11-19-20(14)4/h9,11,13H,5-8,10,12H2,1-4H3,(H2,16,17,18). The monoisotopic (exact) mass is 279 g/mol. The maximum atomic E-state index is 4.58. The lowest BCUT2D eigenvalue weighted by molar-refractivity contribution is 0.534. The summed E-state index contributed by atoms with van der Waals surface area (Å²) in [6.45, 7) is 9.13. The van der Waals surface area contributed by atoms with Crippen LogP contribution in [0, 0.1) is 5.92 Å². The minimum absolute atomic E-state index is 0.651. The molecule has 1 aromatic rings. The molecule has 0 unspecified atom stereocenters. The normalized spacial score (nSPS) is 11.9. The fourth-order valence-corrected chi connectivity index (χ4v) is 1.94. The van der Waals surface area contributed by atoms with Crippen LogP contribution in [0.4, 0.5) is 0 Å². The summed E-state index contributed by atoms with van der Waals surface area (Å²) >= 11 is 0. The van der Waals surface area contributed by atoms with E-state index in [9.17, 15) is 0 Å². The highest BCUT2D eigenvalue weighted by atomic mass is 15.3. The summed E-state index contributed by atoms with van der Waals surface area (Å²) in [5.74, 6) is 1.68. The number of hydrogen-bond acceptors (Lipinski definition) is 2. The molecule has 20 heavy (non-hydrogen) atoms. The van der Waals surface area contributed by atoms with Crippen molar-refractivity contribution < 1.29 is 0 Å². The SMILES string of the molecule is CCNC(=NCc1ccnn1C)NCCCCC(C)C. The lowest BCUT2D eigenvalue weighted by atomic mass is 10.1. The molecular formula is C15H29N5. The second-order valence-electron chi connectivity index (χ2n) is 5.46. The Kier molecular flexibility index (Phi) is 7.77. The second kappa shape index (κ2) is 9.39.